The van der Waals surface area contributed by atoms with Gasteiger partial charge in [0.25, 0.3) is 0 Å². The van der Waals surface area contributed by atoms with Crippen LogP contribution >= 0.6 is 0 Å². The van der Waals surface area contributed by atoms with Gasteiger partial charge in [-0.15, -0.1) is 0 Å². The smallest absolute Gasteiger partial charge is 0.137 e. The van der Waals surface area contributed by atoms with Gasteiger partial charge in [-0.3, -0.25) is 0 Å². The largest absolute Gasteiger partial charge is 0.341 e. The monoisotopic (exact) mass is 251 g/mol. The van der Waals surface area contributed by atoms with Crippen LogP contribution in [0.2, 0.25) is 0 Å². The van der Waals surface area contributed by atoms with E-state index in [1.807, 2.05) is 6.20 Å². The van der Waals surface area contributed by atoms with Gasteiger partial charge in [-0.1, -0.05) is 43.3 Å². The third-order valence-corrected chi connectivity index (χ3v) is 3.22. The number of rotatable bonds is 4. The highest BCUT2D eigenvalue weighted by Crippen LogP contribution is 2.22. The summed E-state index contributed by atoms with van der Waals surface area (Å²) in [6.07, 6.45) is 1.90. The van der Waals surface area contributed by atoms with Crippen LogP contribution in [-0.2, 0) is 6.54 Å². The lowest BCUT2D eigenvalue weighted by Crippen LogP contribution is -2.11. The molecule has 0 unspecified atom stereocenters. The van der Waals surface area contributed by atoms with Crippen molar-refractivity contribution in [3.8, 4) is 11.4 Å². The van der Waals surface area contributed by atoms with Crippen molar-refractivity contribution in [1.29, 1.82) is 0 Å². The van der Waals surface area contributed by atoms with Gasteiger partial charge in [0.15, 0.2) is 0 Å². The first kappa shape index (κ1) is 11.9. The van der Waals surface area contributed by atoms with Crippen LogP contribution in [0.5, 0.6) is 0 Å². The lowest BCUT2D eigenvalue weighted by molar-refractivity contribution is 0.714. The van der Waals surface area contributed by atoms with Crippen LogP contribution in [0.4, 0.5) is 0 Å². The van der Waals surface area contributed by atoms with Gasteiger partial charge in [-0.25, -0.2) is 4.98 Å². The van der Waals surface area contributed by atoms with Crippen molar-refractivity contribution >= 4 is 10.8 Å². The van der Waals surface area contributed by atoms with Gasteiger partial charge in [0.1, 0.15) is 5.82 Å². The molecule has 0 aliphatic rings. The van der Waals surface area contributed by atoms with E-state index in [0.717, 1.165) is 30.2 Å². The summed E-state index contributed by atoms with van der Waals surface area (Å²) in [6.45, 7) is 3.89. The predicted molar refractivity (Wildman–Crippen MR) is 78.9 cm³/mol. The molecule has 0 spiro atoms. The fourth-order valence-corrected chi connectivity index (χ4v) is 2.19. The van der Waals surface area contributed by atoms with E-state index in [0.29, 0.717) is 0 Å². The number of hydrogen-bond acceptors (Lipinski definition) is 2. The fourth-order valence-electron chi connectivity index (χ4n) is 2.19. The Morgan fingerprint density at radius 1 is 1.11 bits per heavy atom. The van der Waals surface area contributed by atoms with Crippen LogP contribution in [0, 0.1) is 0 Å². The normalized spacial score (nSPS) is 11.0. The molecule has 0 atom stereocenters. The van der Waals surface area contributed by atoms with Gasteiger partial charge >= 0.3 is 0 Å². The molecule has 0 saturated carbocycles. The molecule has 1 heterocycles. The van der Waals surface area contributed by atoms with Gasteiger partial charge < -0.3 is 10.3 Å². The molecule has 2 N–H and O–H groups in total. The third-order valence-electron chi connectivity index (χ3n) is 3.22. The third kappa shape index (κ3) is 2.51. The maximum atomic E-state index is 4.45. The number of aromatic nitrogens is 2. The summed E-state index contributed by atoms with van der Waals surface area (Å²) in [4.78, 5) is 7.81. The van der Waals surface area contributed by atoms with Crippen LogP contribution < -0.4 is 5.32 Å². The molecule has 0 amide bonds. The topological polar surface area (TPSA) is 40.7 Å². The van der Waals surface area contributed by atoms with E-state index in [2.05, 4.69) is 64.7 Å². The second kappa shape index (κ2) is 5.24. The van der Waals surface area contributed by atoms with E-state index >= 15 is 0 Å². The number of nitrogens with one attached hydrogen (secondary N) is 2. The molecule has 0 bridgehead atoms. The average Bonchev–Trinajstić information content (AvgIpc) is 2.93. The Kier molecular flexibility index (Phi) is 3.29. The van der Waals surface area contributed by atoms with E-state index < -0.39 is 0 Å². The quantitative estimate of drug-likeness (QED) is 0.746. The van der Waals surface area contributed by atoms with Crippen molar-refractivity contribution in [3.63, 3.8) is 0 Å². The van der Waals surface area contributed by atoms with Gasteiger partial charge in [-0.2, -0.15) is 0 Å². The summed E-state index contributed by atoms with van der Waals surface area (Å²) in [6, 6.07) is 14.8. The molecule has 1 aromatic heterocycles. The van der Waals surface area contributed by atoms with Crippen LogP contribution in [0.25, 0.3) is 22.2 Å². The molecule has 3 heteroatoms. The van der Waals surface area contributed by atoms with E-state index in [1.165, 1.54) is 10.8 Å². The fraction of sp³-hybridized carbons (Fsp3) is 0.188. The number of hydrogen-bond donors (Lipinski definition) is 2. The number of H-pyrrole nitrogens is 1. The van der Waals surface area contributed by atoms with Crippen LogP contribution in [-0.4, -0.2) is 16.5 Å². The molecule has 0 fully saturated rings. The number of fused-ring (bicyclic) bond motifs is 1. The summed E-state index contributed by atoms with van der Waals surface area (Å²) < 4.78 is 0. The minimum Gasteiger partial charge on any atom is -0.341 e. The molecule has 0 aliphatic heterocycles. The Balaban J connectivity index is 1.92. The highest BCUT2D eigenvalue weighted by Gasteiger charge is 2.04. The lowest BCUT2D eigenvalue weighted by atomic mass is 10.1. The standard InChI is InChI=1S/C16H17N3/c1-2-17-10-15-11-18-16(19-15)14-8-7-12-5-3-4-6-13(12)9-14/h3-9,11,17H,2,10H2,1H3,(H,18,19). The van der Waals surface area contributed by atoms with Gasteiger partial charge in [-0.05, 0) is 23.4 Å². The Bertz CT molecular complexity index is 685. The molecule has 3 nitrogen and oxygen atoms in total. The van der Waals surface area contributed by atoms with Crippen LogP contribution in [0.3, 0.4) is 0 Å². The first-order chi connectivity index (χ1) is 9.36. The highest BCUT2D eigenvalue weighted by atomic mass is 15.0. The highest BCUT2D eigenvalue weighted by molar-refractivity contribution is 5.86. The Hall–Kier alpha value is -2.13. The molecule has 0 saturated heterocycles. The molecule has 96 valence electrons. The number of benzene rings is 2. The molecule has 0 aliphatic carbocycles. The zero-order valence-electron chi connectivity index (χ0n) is 11.0. The lowest BCUT2D eigenvalue weighted by Gasteiger charge is -2.01. The molecule has 19 heavy (non-hydrogen) atoms. The van der Waals surface area contributed by atoms with E-state index in [9.17, 15) is 0 Å². The molecule has 3 rings (SSSR count). The minimum absolute atomic E-state index is 0.830. The summed E-state index contributed by atoms with van der Waals surface area (Å²) >= 11 is 0. The summed E-state index contributed by atoms with van der Waals surface area (Å²) in [5.74, 6) is 0.929. The second-order valence-corrected chi connectivity index (χ2v) is 4.60. The van der Waals surface area contributed by atoms with Crippen molar-refractivity contribution in [1.82, 2.24) is 15.3 Å². The van der Waals surface area contributed by atoms with Gasteiger partial charge in [0.05, 0.1) is 0 Å². The van der Waals surface area contributed by atoms with Crippen molar-refractivity contribution in [2.75, 3.05) is 6.54 Å². The zero-order chi connectivity index (χ0) is 13.1. The number of nitrogens with zero attached hydrogens (tertiary/aromatic N) is 1. The van der Waals surface area contributed by atoms with E-state index in [4.69, 9.17) is 0 Å². The van der Waals surface area contributed by atoms with Crippen molar-refractivity contribution in [2.45, 2.75) is 13.5 Å². The Labute approximate surface area is 112 Å². The second-order valence-electron chi connectivity index (χ2n) is 4.60. The molecular weight excluding hydrogens is 234 g/mol. The molecular formula is C16H17N3. The van der Waals surface area contributed by atoms with Crippen LogP contribution in [0.1, 0.15) is 12.6 Å². The van der Waals surface area contributed by atoms with Crippen molar-refractivity contribution in [3.05, 3.63) is 54.4 Å². The number of imidazole rings is 1. The molecule has 2 aromatic carbocycles. The Morgan fingerprint density at radius 2 is 1.95 bits per heavy atom. The average molecular weight is 251 g/mol. The SMILES string of the molecule is CCNCc1cnc(-c2ccc3ccccc3c2)[nH]1. The minimum atomic E-state index is 0.830. The van der Waals surface area contributed by atoms with E-state index in [1.54, 1.807) is 0 Å². The summed E-state index contributed by atoms with van der Waals surface area (Å²) in [5, 5.41) is 5.78. The van der Waals surface area contributed by atoms with Gasteiger partial charge in [0.2, 0.25) is 0 Å². The van der Waals surface area contributed by atoms with Crippen molar-refractivity contribution < 1.29 is 0 Å². The predicted octanol–water partition coefficient (Wildman–Crippen LogP) is 3.34. The maximum absolute atomic E-state index is 4.45. The van der Waals surface area contributed by atoms with Crippen LogP contribution in [0.15, 0.2) is 48.7 Å². The van der Waals surface area contributed by atoms with Crippen molar-refractivity contribution in [2.24, 2.45) is 0 Å². The zero-order valence-corrected chi connectivity index (χ0v) is 11.0. The molecule has 3 aromatic rings. The first-order valence-corrected chi connectivity index (χ1v) is 6.60. The summed E-state index contributed by atoms with van der Waals surface area (Å²) in [5.41, 5.74) is 2.24. The Morgan fingerprint density at radius 3 is 2.79 bits per heavy atom. The summed E-state index contributed by atoms with van der Waals surface area (Å²) in [7, 11) is 0. The first-order valence-electron chi connectivity index (χ1n) is 6.60. The maximum Gasteiger partial charge on any atom is 0.137 e. The molecule has 0 radical (unpaired) electrons. The van der Waals surface area contributed by atoms with E-state index in [-0.39, 0.29) is 0 Å². The van der Waals surface area contributed by atoms with Gasteiger partial charge in [0, 0.05) is 24.0 Å². The number of aromatic amines is 1.